The summed E-state index contributed by atoms with van der Waals surface area (Å²) in [4.78, 5) is 16.2. The Kier molecular flexibility index (Phi) is 2.83. The van der Waals surface area contributed by atoms with Crippen molar-refractivity contribution in [2.45, 2.75) is 6.92 Å². The first-order chi connectivity index (χ1) is 7.15. The van der Waals surface area contributed by atoms with E-state index in [0.29, 0.717) is 9.23 Å². The van der Waals surface area contributed by atoms with Crippen molar-refractivity contribution in [3.05, 3.63) is 34.5 Å². The quantitative estimate of drug-likeness (QED) is 0.597. The van der Waals surface area contributed by atoms with Gasteiger partial charge in [0.1, 0.15) is 4.32 Å². The minimum absolute atomic E-state index is 0.145. The molecule has 0 atom stereocenters. The van der Waals surface area contributed by atoms with Gasteiger partial charge in [-0.05, 0) is 25.1 Å². The summed E-state index contributed by atoms with van der Waals surface area (Å²) in [5.41, 5.74) is 1.70. The van der Waals surface area contributed by atoms with E-state index in [-0.39, 0.29) is 5.91 Å². The van der Waals surface area contributed by atoms with E-state index in [2.05, 4.69) is 10.3 Å². The lowest BCUT2D eigenvalue weighted by Crippen LogP contribution is -2.17. The summed E-state index contributed by atoms with van der Waals surface area (Å²) < 4.78 is 0.499. The first-order valence-electron chi connectivity index (χ1n) is 4.34. The summed E-state index contributed by atoms with van der Waals surface area (Å²) in [5, 5.41) is 2.56. The lowest BCUT2D eigenvalue weighted by atomic mass is 10.3. The van der Waals surface area contributed by atoms with Crippen molar-refractivity contribution in [1.82, 2.24) is 10.3 Å². The highest BCUT2D eigenvalue weighted by atomic mass is 32.2. The van der Waals surface area contributed by atoms with Crippen molar-refractivity contribution >= 4 is 40.3 Å². The van der Waals surface area contributed by atoms with Crippen molar-refractivity contribution in [2.24, 2.45) is 0 Å². The molecule has 0 spiro atoms. The molecule has 2 heterocycles. The van der Waals surface area contributed by atoms with Crippen LogP contribution >= 0.6 is 24.0 Å². The average molecular weight is 236 g/mol. The maximum Gasteiger partial charge on any atom is 0.263 e. The number of pyridine rings is 1. The zero-order valence-electron chi connectivity index (χ0n) is 7.98. The zero-order valence-corrected chi connectivity index (χ0v) is 9.61. The molecule has 1 amide bonds. The Balaban J connectivity index is 2.31. The molecule has 3 nitrogen and oxygen atoms in total. The summed E-state index contributed by atoms with van der Waals surface area (Å²) in [7, 11) is 0. The van der Waals surface area contributed by atoms with Gasteiger partial charge < -0.3 is 5.32 Å². The molecule has 0 radical (unpaired) electrons. The van der Waals surface area contributed by atoms with Crippen LogP contribution in [0.15, 0.2) is 23.1 Å². The molecular formula is C10H8N2OS2. The fourth-order valence-corrected chi connectivity index (χ4v) is 2.23. The highest BCUT2D eigenvalue weighted by Gasteiger charge is 2.21. The molecule has 1 aromatic rings. The number of carbonyl (C=O) groups is 1. The van der Waals surface area contributed by atoms with Crippen molar-refractivity contribution in [1.29, 1.82) is 0 Å². The van der Waals surface area contributed by atoms with Gasteiger partial charge in [-0.1, -0.05) is 30.0 Å². The number of hydrogen-bond donors (Lipinski definition) is 1. The van der Waals surface area contributed by atoms with E-state index >= 15 is 0 Å². The third-order valence-corrected chi connectivity index (χ3v) is 2.99. The van der Waals surface area contributed by atoms with Gasteiger partial charge in [0, 0.05) is 5.69 Å². The van der Waals surface area contributed by atoms with Gasteiger partial charge in [0.15, 0.2) is 0 Å². The number of nitrogens with one attached hydrogen (secondary N) is 1. The predicted octanol–water partition coefficient (Wildman–Crippen LogP) is 1.88. The molecule has 0 aromatic carbocycles. The minimum atomic E-state index is -0.145. The van der Waals surface area contributed by atoms with Crippen LogP contribution < -0.4 is 5.32 Å². The number of amides is 1. The van der Waals surface area contributed by atoms with E-state index in [1.807, 2.05) is 25.1 Å². The van der Waals surface area contributed by atoms with E-state index in [1.165, 1.54) is 11.8 Å². The molecule has 15 heavy (non-hydrogen) atoms. The number of aryl methyl sites for hydroxylation is 1. The molecule has 2 rings (SSSR count). The second-order valence-electron chi connectivity index (χ2n) is 3.06. The van der Waals surface area contributed by atoms with Crippen LogP contribution in [0.1, 0.15) is 11.4 Å². The number of thioether (sulfide) groups is 1. The second kappa shape index (κ2) is 4.12. The summed E-state index contributed by atoms with van der Waals surface area (Å²) in [5.74, 6) is -0.145. The van der Waals surface area contributed by atoms with Crippen molar-refractivity contribution in [3.8, 4) is 0 Å². The van der Waals surface area contributed by atoms with Crippen LogP contribution in [0.25, 0.3) is 6.08 Å². The van der Waals surface area contributed by atoms with Gasteiger partial charge in [-0.3, -0.25) is 9.78 Å². The highest BCUT2D eigenvalue weighted by molar-refractivity contribution is 8.26. The molecule has 76 valence electrons. The molecule has 1 saturated heterocycles. The van der Waals surface area contributed by atoms with E-state index in [9.17, 15) is 4.79 Å². The lowest BCUT2D eigenvalue weighted by Gasteiger charge is -1.95. The second-order valence-corrected chi connectivity index (χ2v) is 4.77. The monoisotopic (exact) mass is 236 g/mol. The number of thiocarbonyl (C=S) groups is 1. The van der Waals surface area contributed by atoms with Crippen LogP contribution in [0.3, 0.4) is 0 Å². The largest absolute Gasteiger partial charge is 0.307 e. The van der Waals surface area contributed by atoms with Gasteiger partial charge in [0.2, 0.25) is 0 Å². The lowest BCUT2D eigenvalue weighted by molar-refractivity contribution is -0.115. The maximum atomic E-state index is 11.4. The minimum Gasteiger partial charge on any atom is -0.307 e. The summed E-state index contributed by atoms with van der Waals surface area (Å²) in [6.07, 6.45) is 1.74. The van der Waals surface area contributed by atoms with E-state index in [4.69, 9.17) is 12.2 Å². The van der Waals surface area contributed by atoms with E-state index in [1.54, 1.807) is 6.08 Å². The Labute approximate surface area is 97.0 Å². The first-order valence-corrected chi connectivity index (χ1v) is 5.56. The Bertz CT molecular complexity index is 468. The number of aromatic nitrogens is 1. The molecule has 5 heteroatoms. The molecule has 0 unspecified atom stereocenters. The van der Waals surface area contributed by atoms with Crippen LogP contribution in [0.4, 0.5) is 0 Å². The summed E-state index contributed by atoms with van der Waals surface area (Å²) in [6.45, 7) is 1.91. The number of carbonyl (C=O) groups excluding carboxylic acids is 1. The highest BCUT2D eigenvalue weighted by Crippen LogP contribution is 2.25. The van der Waals surface area contributed by atoms with E-state index in [0.717, 1.165) is 11.4 Å². The molecule has 1 aromatic heterocycles. The molecule has 1 fully saturated rings. The smallest absolute Gasteiger partial charge is 0.263 e. The molecule has 0 saturated carbocycles. The normalized spacial score (nSPS) is 18.3. The first kappa shape index (κ1) is 10.3. The molecular weight excluding hydrogens is 228 g/mol. The van der Waals surface area contributed by atoms with Crippen LogP contribution in [0, 0.1) is 6.92 Å². The number of nitrogens with zero attached hydrogens (tertiary/aromatic N) is 1. The Morgan fingerprint density at radius 3 is 2.93 bits per heavy atom. The summed E-state index contributed by atoms with van der Waals surface area (Å²) >= 11 is 6.15. The molecule has 0 bridgehead atoms. The maximum absolute atomic E-state index is 11.4. The van der Waals surface area contributed by atoms with Gasteiger partial charge >= 0.3 is 0 Å². The Hall–Kier alpha value is -1.20. The molecule has 1 aliphatic heterocycles. The fourth-order valence-electron chi connectivity index (χ4n) is 1.20. The van der Waals surface area contributed by atoms with Crippen LogP contribution in [-0.4, -0.2) is 15.2 Å². The standard InChI is InChI=1S/C10H8N2OS2/c1-6-3-2-4-7(11-6)5-8-9(13)12-10(14)15-8/h2-5H,1H3,(H,12,13,14). The number of hydrogen-bond acceptors (Lipinski definition) is 4. The Morgan fingerprint density at radius 2 is 2.33 bits per heavy atom. The third-order valence-electron chi connectivity index (χ3n) is 1.83. The Morgan fingerprint density at radius 1 is 1.53 bits per heavy atom. The van der Waals surface area contributed by atoms with Crippen LogP contribution in [0.2, 0.25) is 0 Å². The van der Waals surface area contributed by atoms with Crippen LogP contribution in [-0.2, 0) is 4.79 Å². The van der Waals surface area contributed by atoms with Gasteiger partial charge in [0.25, 0.3) is 5.91 Å². The van der Waals surface area contributed by atoms with Gasteiger partial charge in [-0.15, -0.1) is 0 Å². The van der Waals surface area contributed by atoms with Gasteiger partial charge in [-0.2, -0.15) is 0 Å². The molecule has 0 aliphatic carbocycles. The third kappa shape index (κ3) is 2.43. The average Bonchev–Trinajstić information content (AvgIpc) is 2.45. The predicted molar refractivity (Wildman–Crippen MR) is 65.3 cm³/mol. The fraction of sp³-hybridized carbons (Fsp3) is 0.100. The molecule has 1 N–H and O–H groups in total. The van der Waals surface area contributed by atoms with Crippen molar-refractivity contribution in [3.63, 3.8) is 0 Å². The van der Waals surface area contributed by atoms with Crippen molar-refractivity contribution in [2.75, 3.05) is 0 Å². The van der Waals surface area contributed by atoms with E-state index < -0.39 is 0 Å². The van der Waals surface area contributed by atoms with Gasteiger partial charge in [0.05, 0.1) is 10.6 Å². The van der Waals surface area contributed by atoms with Crippen LogP contribution in [0.5, 0.6) is 0 Å². The van der Waals surface area contributed by atoms with Crippen molar-refractivity contribution < 1.29 is 4.79 Å². The number of rotatable bonds is 1. The molecule has 1 aliphatic rings. The zero-order chi connectivity index (χ0) is 10.8. The topological polar surface area (TPSA) is 42.0 Å². The van der Waals surface area contributed by atoms with Gasteiger partial charge in [-0.25, -0.2) is 0 Å². The summed E-state index contributed by atoms with van der Waals surface area (Å²) in [6, 6.07) is 5.67. The SMILES string of the molecule is Cc1cccc(C=C2SC(=S)NC2=O)n1.